The molecule has 0 N–H and O–H groups in total. The first-order valence-electron chi connectivity index (χ1n) is 10.6. The average Bonchev–Trinajstić information content (AvgIpc) is 3.19. The molecule has 34 heavy (non-hydrogen) atoms. The van der Waals surface area contributed by atoms with Gasteiger partial charge >= 0.3 is 6.36 Å². The number of rotatable bonds is 5. The number of halogens is 3. The number of aromatic nitrogens is 6. The molecular formula is C21H18F3N7O3. The number of anilines is 1. The summed E-state index contributed by atoms with van der Waals surface area (Å²) in [4.78, 5) is 27.5. The van der Waals surface area contributed by atoms with Gasteiger partial charge < -0.3 is 18.7 Å². The second-order valence-corrected chi connectivity index (χ2v) is 8.56. The standard InChI is InChI=1S/C21H18F3N7O3/c1-29-9-25-19-17(29)20(32)31(10-26-19)8-15-27-18(28-34-15)16-13-6-30(7-14(13)16)11-3-2-4-12(5-11)33-21(22,23)24/h2-5,9-10,13-14,16H,6-8H2,1H3. The van der Waals surface area contributed by atoms with Crippen LogP contribution in [-0.2, 0) is 13.6 Å². The molecule has 2 unspecified atom stereocenters. The van der Waals surface area contributed by atoms with Crippen LogP contribution in [-0.4, -0.2) is 48.7 Å². The van der Waals surface area contributed by atoms with Crippen LogP contribution < -0.4 is 15.2 Å². The number of hydrogen-bond donors (Lipinski definition) is 0. The lowest BCUT2D eigenvalue weighted by atomic mass is 10.2. The maximum Gasteiger partial charge on any atom is 0.573 e. The second-order valence-electron chi connectivity index (χ2n) is 8.56. The Bertz CT molecular complexity index is 1430. The Morgan fingerprint density at radius 1 is 1.18 bits per heavy atom. The summed E-state index contributed by atoms with van der Waals surface area (Å²) in [7, 11) is 1.72. The predicted molar refractivity (Wildman–Crippen MR) is 111 cm³/mol. The Morgan fingerprint density at radius 3 is 2.71 bits per heavy atom. The third-order valence-electron chi connectivity index (χ3n) is 6.40. The van der Waals surface area contributed by atoms with Gasteiger partial charge in [0.05, 0.1) is 6.33 Å². The predicted octanol–water partition coefficient (Wildman–Crippen LogP) is 2.31. The highest BCUT2D eigenvalue weighted by molar-refractivity contribution is 5.68. The van der Waals surface area contributed by atoms with E-state index in [1.54, 1.807) is 23.7 Å². The summed E-state index contributed by atoms with van der Waals surface area (Å²) in [6, 6.07) is 5.98. The number of nitrogens with zero attached hydrogens (tertiary/aromatic N) is 7. The van der Waals surface area contributed by atoms with Gasteiger partial charge in [0, 0.05) is 37.8 Å². The molecule has 2 aliphatic rings. The van der Waals surface area contributed by atoms with Gasteiger partial charge in [-0.15, -0.1) is 13.2 Å². The molecule has 13 heteroatoms. The SMILES string of the molecule is Cn1cnc2ncn(Cc3nc(C4C5CN(c6cccc(OC(F)(F)F)c6)CC54)no3)c(=O)c21. The zero-order chi connectivity index (χ0) is 23.6. The minimum atomic E-state index is -4.72. The normalized spacial score (nSPS) is 21.8. The zero-order valence-corrected chi connectivity index (χ0v) is 17.8. The molecule has 2 fully saturated rings. The fourth-order valence-corrected chi connectivity index (χ4v) is 4.80. The first-order valence-corrected chi connectivity index (χ1v) is 10.6. The van der Waals surface area contributed by atoms with E-state index in [-0.39, 0.29) is 35.6 Å². The summed E-state index contributed by atoms with van der Waals surface area (Å²) in [5.74, 6) is 1.35. The number of ether oxygens (including phenoxy) is 1. The summed E-state index contributed by atoms with van der Waals surface area (Å²) in [5.41, 5.74) is 1.20. The summed E-state index contributed by atoms with van der Waals surface area (Å²) < 4.78 is 49.9. The van der Waals surface area contributed by atoms with E-state index in [2.05, 4.69) is 24.8 Å². The molecule has 0 bridgehead atoms. The van der Waals surface area contributed by atoms with Crippen LogP contribution in [0, 0.1) is 11.8 Å². The molecule has 4 aromatic rings. The topological polar surface area (TPSA) is 104 Å². The van der Waals surface area contributed by atoms with Gasteiger partial charge in [0.25, 0.3) is 5.56 Å². The Balaban J connectivity index is 1.12. The first-order chi connectivity index (χ1) is 16.3. The molecule has 3 aromatic heterocycles. The van der Waals surface area contributed by atoms with Crippen LogP contribution in [0.15, 0.2) is 46.2 Å². The molecule has 6 rings (SSSR count). The summed E-state index contributed by atoms with van der Waals surface area (Å²) in [6.07, 6.45) is -1.79. The first kappa shape index (κ1) is 20.7. The monoisotopic (exact) mass is 473 g/mol. The molecule has 1 aliphatic carbocycles. The summed E-state index contributed by atoms with van der Waals surface area (Å²) in [5, 5.41) is 4.11. The number of benzene rings is 1. The van der Waals surface area contributed by atoms with Crippen molar-refractivity contribution in [1.29, 1.82) is 0 Å². The molecule has 1 saturated carbocycles. The van der Waals surface area contributed by atoms with Crippen LogP contribution >= 0.6 is 0 Å². The van der Waals surface area contributed by atoms with Gasteiger partial charge in [-0.05, 0) is 24.0 Å². The minimum Gasteiger partial charge on any atom is -0.406 e. The van der Waals surface area contributed by atoms with Crippen LogP contribution in [0.25, 0.3) is 11.2 Å². The average molecular weight is 473 g/mol. The third kappa shape index (κ3) is 3.56. The number of imidazole rings is 1. The third-order valence-corrected chi connectivity index (χ3v) is 6.40. The van der Waals surface area contributed by atoms with Gasteiger partial charge in [-0.3, -0.25) is 9.36 Å². The number of fused-ring (bicyclic) bond motifs is 2. The molecule has 176 valence electrons. The Kier molecular flexibility index (Phi) is 4.44. The number of piperidine rings is 1. The van der Waals surface area contributed by atoms with Crippen molar-refractivity contribution in [3.05, 3.63) is 59.0 Å². The number of alkyl halides is 3. The quantitative estimate of drug-likeness (QED) is 0.435. The van der Waals surface area contributed by atoms with Gasteiger partial charge in [-0.1, -0.05) is 11.2 Å². The van der Waals surface area contributed by atoms with Crippen LogP contribution in [0.4, 0.5) is 18.9 Å². The van der Waals surface area contributed by atoms with E-state index in [0.717, 1.165) is 0 Å². The van der Waals surface area contributed by atoms with Crippen molar-refractivity contribution in [2.75, 3.05) is 18.0 Å². The molecule has 1 saturated heterocycles. The lowest BCUT2D eigenvalue weighted by Gasteiger charge is -2.22. The maximum atomic E-state index is 12.7. The summed E-state index contributed by atoms with van der Waals surface area (Å²) in [6.45, 7) is 1.45. The maximum absolute atomic E-state index is 12.7. The van der Waals surface area contributed by atoms with E-state index in [4.69, 9.17) is 4.52 Å². The van der Waals surface area contributed by atoms with Gasteiger partial charge in [0.15, 0.2) is 17.0 Å². The lowest BCUT2D eigenvalue weighted by molar-refractivity contribution is -0.274. The van der Waals surface area contributed by atoms with Gasteiger partial charge in [0.1, 0.15) is 18.6 Å². The molecular weight excluding hydrogens is 455 g/mol. The minimum absolute atomic E-state index is 0.0974. The van der Waals surface area contributed by atoms with E-state index in [9.17, 15) is 18.0 Å². The fraction of sp³-hybridized carbons (Fsp3) is 0.381. The van der Waals surface area contributed by atoms with Crippen molar-refractivity contribution < 1.29 is 22.4 Å². The molecule has 4 heterocycles. The van der Waals surface area contributed by atoms with Gasteiger partial charge in [0.2, 0.25) is 5.89 Å². The Morgan fingerprint density at radius 2 is 1.94 bits per heavy atom. The molecule has 0 radical (unpaired) electrons. The zero-order valence-electron chi connectivity index (χ0n) is 17.8. The second kappa shape index (κ2) is 7.30. The molecule has 2 atom stereocenters. The molecule has 1 aromatic carbocycles. The van der Waals surface area contributed by atoms with Crippen molar-refractivity contribution in [1.82, 2.24) is 29.2 Å². The fourth-order valence-electron chi connectivity index (χ4n) is 4.80. The highest BCUT2D eigenvalue weighted by atomic mass is 19.4. The van der Waals surface area contributed by atoms with Gasteiger partial charge in [-0.2, -0.15) is 4.98 Å². The van der Waals surface area contributed by atoms with Crippen LogP contribution in [0.3, 0.4) is 0 Å². The number of aryl methyl sites for hydroxylation is 1. The van der Waals surface area contributed by atoms with E-state index in [1.165, 1.54) is 29.4 Å². The van der Waals surface area contributed by atoms with Crippen molar-refractivity contribution in [3.8, 4) is 5.75 Å². The Hall–Kier alpha value is -3.90. The molecule has 1 aliphatic heterocycles. The van der Waals surface area contributed by atoms with E-state index in [1.807, 2.05) is 4.90 Å². The van der Waals surface area contributed by atoms with Crippen molar-refractivity contribution >= 4 is 16.9 Å². The van der Waals surface area contributed by atoms with Crippen molar-refractivity contribution in [2.24, 2.45) is 18.9 Å². The number of hydrogen-bond acceptors (Lipinski definition) is 8. The Labute approximate surface area is 189 Å². The highest BCUT2D eigenvalue weighted by Gasteiger charge is 2.58. The van der Waals surface area contributed by atoms with Crippen LogP contribution in [0.2, 0.25) is 0 Å². The van der Waals surface area contributed by atoms with E-state index in [0.29, 0.717) is 41.7 Å². The largest absolute Gasteiger partial charge is 0.573 e. The van der Waals surface area contributed by atoms with Crippen molar-refractivity contribution in [3.63, 3.8) is 0 Å². The smallest absolute Gasteiger partial charge is 0.406 e. The van der Waals surface area contributed by atoms with Gasteiger partial charge in [-0.25, -0.2) is 9.97 Å². The lowest BCUT2D eigenvalue weighted by Crippen LogP contribution is -2.24. The summed E-state index contributed by atoms with van der Waals surface area (Å²) >= 11 is 0. The van der Waals surface area contributed by atoms with Crippen LogP contribution in [0.1, 0.15) is 17.6 Å². The van der Waals surface area contributed by atoms with Crippen molar-refractivity contribution in [2.45, 2.75) is 18.8 Å². The molecule has 0 spiro atoms. The highest BCUT2D eigenvalue weighted by Crippen LogP contribution is 2.58. The van der Waals surface area contributed by atoms with Crippen LogP contribution in [0.5, 0.6) is 5.75 Å². The van der Waals surface area contributed by atoms with E-state index < -0.39 is 6.36 Å². The molecule has 10 nitrogen and oxygen atoms in total. The molecule has 0 amide bonds. The van der Waals surface area contributed by atoms with E-state index >= 15 is 0 Å².